The molecule has 1 N–H and O–H groups in total. The molecule has 1 saturated heterocycles. The normalized spacial score (nSPS) is 15.3. The van der Waals surface area contributed by atoms with E-state index in [1.807, 2.05) is 25.2 Å². The molecule has 0 saturated carbocycles. The van der Waals surface area contributed by atoms with Gasteiger partial charge in [0.05, 0.1) is 18.4 Å². The average Bonchev–Trinajstić information content (AvgIpc) is 2.46. The first-order valence-corrected chi connectivity index (χ1v) is 6.41. The third kappa shape index (κ3) is 2.58. The minimum absolute atomic E-state index is 0.271. The Labute approximate surface area is 108 Å². The second kappa shape index (κ2) is 5.76. The first-order chi connectivity index (χ1) is 8.76. The molecule has 0 aliphatic carbocycles. The van der Waals surface area contributed by atoms with Crippen LogP contribution in [0.1, 0.15) is 29.6 Å². The van der Waals surface area contributed by atoms with Gasteiger partial charge in [0.15, 0.2) is 0 Å². The van der Waals surface area contributed by atoms with Crippen molar-refractivity contribution in [2.75, 3.05) is 37.5 Å². The van der Waals surface area contributed by atoms with E-state index in [-0.39, 0.29) is 5.97 Å². The maximum absolute atomic E-state index is 11.9. The molecule has 0 radical (unpaired) electrons. The van der Waals surface area contributed by atoms with Crippen LogP contribution in [0.3, 0.4) is 0 Å². The third-order valence-electron chi connectivity index (χ3n) is 3.39. The van der Waals surface area contributed by atoms with E-state index in [9.17, 15) is 4.79 Å². The maximum atomic E-state index is 11.9. The summed E-state index contributed by atoms with van der Waals surface area (Å²) < 4.78 is 4.87. The fraction of sp³-hybridized carbons (Fsp3) is 0.500. The van der Waals surface area contributed by atoms with Gasteiger partial charge in [0, 0.05) is 25.8 Å². The number of hydrogen-bond acceptors (Lipinski definition) is 4. The second-order valence-corrected chi connectivity index (χ2v) is 4.52. The van der Waals surface area contributed by atoms with Crippen LogP contribution in [0.15, 0.2) is 18.2 Å². The number of methoxy groups -OCH3 is 1. The topological polar surface area (TPSA) is 41.6 Å². The van der Waals surface area contributed by atoms with Gasteiger partial charge in [0.25, 0.3) is 0 Å². The van der Waals surface area contributed by atoms with E-state index in [0.717, 1.165) is 24.5 Å². The monoisotopic (exact) mass is 248 g/mol. The zero-order valence-electron chi connectivity index (χ0n) is 11.0. The van der Waals surface area contributed by atoms with E-state index in [2.05, 4.69) is 10.2 Å². The molecule has 4 nitrogen and oxygen atoms in total. The van der Waals surface area contributed by atoms with Crippen LogP contribution >= 0.6 is 0 Å². The van der Waals surface area contributed by atoms with Crippen molar-refractivity contribution >= 4 is 17.3 Å². The smallest absolute Gasteiger partial charge is 0.340 e. The van der Waals surface area contributed by atoms with Crippen molar-refractivity contribution in [3.63, 3.8) is 0 Å². The predicted molar refractivity (Wildman–Crippen MR) is 73.4 cm³/mol. The highest BCUT2D eigenvalue weighted by Crippen LogP contribution is 2.27. The molecule has 1 fully saturated rings. The van der Waals surface area contributed by atoms with Crippen LogP contribution in [0.25, 0.3) is 0 Å². The molecule has 0 amide bonds. The number of carbonyl (C=O) groups is 1. The maximum Gasteiger partial charge on any atom is 0.340 e. The summed E-state index contributed by atoms with van der Waals surface area (Å²) in [6, 6.07) is 5.86. The standard InChI is InChI=1S/C14H20N2O2/c1-15-11-6-7-13(12(10-11)14(17)18-2)16-8-4-3-5-9-16/h6-7,10,15H,3-5,8-9H2,1-2H3. The second-order valence-electron chi connectivity index (χ2n) is 4.52. The van der Waals surface area contributed by atoms with Crippen molar-refractivity contribution in [2.45, 2.75) is 19.3 Å². The van der Waals surface area contributed by atoms with E-state index < -0.39 is 0 Å². The van der Waals surface area contributed by atoms with Gasteiger partial charge in [-0.3, -0.25) is 0 Å². The van der Waals surface area contributed by atoms with Gasteiger partial charge in [-0.25, -0.2) is 4.79 Å². The summed E-state index contributed by atoms with van der Waals surface area (Å²) in [5.74, 6) is -0.271. The lowest BCUT2D eigenvalue weighted by atomic mass is 10.1. The van der Waals surface area contributed by atoms with E-state index in [1.165, 1.54) is 26.4 Å². The number of esters is 1. The molecule has 0 aromatic heterocycles. The summed E-state index contributed by atoms with van der Waals surface area (Å²) in [6.07, 6.45) is 3.65. The average molecular weight is 248 g/mol. The Kier molecular flexibility index (Phi) is 4.07. The third-order valence-corrected chi connectivity index (χ3v) is 3.39. The van der Waals surface area contributed by atoms with Crippen molar-refractivity contribution in [3.8, 4) is 0 Å². The molecule has 98 valence electrons. The Morgan fingerprint density at radius 2 is 2.00 bits per heavy atom. The molecule has 18 heavy (non-hydrogen) atoms. The lowest BCUT2D eigenvalue weighted by Crippen LogP contribution is -2.30. The Bertz CT molecular complexity index is 426. The van der Waals surface area contributed by atoms with Crippen molar-refractivity contribution in [1.82, 2.24) is 0 Å². The molecule has 0 unspecified atom stereocenters. The molecule has 0 atom stereocenters. The lowest BCUT2D eigenvalue weighted by molar-refractivity contribution is 0.0601. The molecule has 0 spiro atoms. The number of piperidine rings is 1. The van der Waals surface area contributed by atoms with Crippen LogP contribution in [0.5, 0.6) is 0 Å². The zero-order valence-corrected chi connectivity index (χ0v) is 11.0. The summed E-state index contributed by atoms with van der Waals surface area (Å²) in [6.45, 7) is 2.03. The summed E-state index contributed by atoms with van der Waals surface area (Å²) in [5.41, 5.74) is 2.56. The minimum atomic E-state index is -0.271. The molecule has 1 heterocycles. The van der Waals surface area contributed by atoms with Gasteiger partial charge >= 0.3 is 5.97 Å². The first kappa shape index (κ1) is 12.7. The highest BCUT2D eigenvalue weighted by Gasteiger charge is 2.19. The molecular formula is C14H20N2O2. The molecule has 2 rings (SSSR count). The lowest BCUT2D eigenvalue weighted by Gasteiger charge is -2.30. The number of rotatable bonds is 3. The molecule has 1 aliphatic rings. The number of hydrogen-bond donors (Lipinski definition) is 1. The van der Waals surface area contributed by atoms with Gasteiger partial charge in [0.1, 0.15) is 0 Å². The van der Waals surface area contributed by atoms with Crippen molar-refractivity contribution < 1.29 is 9.53 Å². The molecule has 4 heteroatoms. The van der Waals surface area contributed by atoms with Crippen molar-refractivity contribution in [3.05, 3.63) is 23.8 Å². The molecular weight excluding hydrogens is 228 g/mol. The largest absolute Gasteiger partial charge is 0.465 e. The zero-order chi connectivity index (χ0) is 13.0. The van der Waals surface area contributed by atoms with E-state index >= 15 is 0 Å². The highest BCUT2D eigenvalue weighted by molar-refractivity contribution is 5.97. The molecule has 1 aliphatic heterocycles. The summed E-state index contributed by atoms with van der Waals surface area (Å²) in [5, 5.41) is 3.05. The van der Waals surface area contributed by atoms with Crippen LogP contribution in [-0.2, 0) is 4.74 Å². The Morgan fingerprint density at radius 3 is 2.61 bits per heavy atom. The van der Waals surface area contributed by atoms with Crippen LogP contribution in [0.2, 0.25) is 0 Å². The molecule has 1 aromatic carbocycles. The SMILES string of the molecule is CNc1ccc(N2CCCCC2)c(C(=O)OC)c1. The Morgan fingerprint density at radius 1 is 1.28 bits per heavy atom. The predicted octanol–water partition coefficient (Wildman–Crippen LogP) is 2.51. The number of anilines is 2. The van der Waals surface area contributed by atoms with Gasteiger partial charge in [-0.15, -0.1) is 0 Å². The van der Waals surface area contributed by atoms with Crippen LogP contribution in [0.4, 0.5) is 11.4 Å². The van der Waals surface area contributed by atoms with Crippen LogP contribution < -0.4 is 10.2 Å². The van der Waals surface area contributed by atoms with Crippen molar-refractivity contribution in [2.24, 2.45) is 0 Å². The highest BCUT2D eigenvalue weighted by atomic mass is 16.5. The Hall–Kier alpha value is -1.71. The van der Waals surface area contributed by atoms with E-state index in [4.69, 9.17) is 4.74 Å². The van der Waals surface area contributed by atoms with Gasteiger partial charge in [-0.1, -0.05) is 0 Å². The summed E-state index contributed by atoms with van der Waals surface area (Å²) in [7, 11) is 3.27. The van der Waals surface area contributed by atoms with Gasteiger partial charge < -0.3 is 15.0 Å². The van der Waals surface area contributed by atoms with E-state index in [1.54, 1.807) is 0 Å². The van der Waals surface area contributed by atoms with Crippen LogP contribution in [0, 0.1) is 0 Å². The number of nitrogens with one attached hydrogen (secondary N) is 1. The van der Waals surface area contributed by atoms with Crippen molar-refractivity contribution in [1.29, 1.82) is 0 Å². The number of benzene rings is 1. The van der Waals surface area contributed by atoms with Gasteiger partial charge in [0.2, 0.25) is 0 Å². The molecule has 0 bridgehead atoms. The Balaban J connectivity index is 2.35. The van der Waals surface area contributed by atoms with Crippen LogP contribution in [-0.4, -0.2) is 33.2 Å². The quantitative estimate of drug-likeness (QED) is 0.834. The first-order valence-electron chi connectivity index (χ1n) is 6.41. The molecule has 1 aromatic rings. The number of ether oxygens (including phenoxy) is 1. The number of carbonyl (C=O) groups excluding carboxylic acids is 1. The van der Waals surface area contributed by atoms with Gasteiger partial charge in [-0.05, 0) is 37.5 Å². The minimum Gasteiger partial charge on any atom is -0.465 e. The number of nitrogens with zero attached hydrogens (tertiary/aromatic N) is 1. The fourth-order valence-corrected chi connectivity index (χ4v) is 2.38. The summed E-state index contributed by atoms with van der Waals surface area (Å²) >= 11 is 0. The van der Waals surface area contributed by atoms with E-state index in [0.29, 0.717) is 5.56 Å². The van der Waals surface area contributed by atoms with Gasteiger partial charge in [-0.2, -0.15) is 0 Å². The summed E-state index contributed by atoms with van der Waals surface area (Å²) in [4.78, 5) is 14.1. The fourth-order valence-electron chi connectivity index (χ4n) is 2.38.